The van der Waals surface area contributed by atoms with Crippen molar-refractivity contribution in [3.05, 3.63) is 34.3 Å². The number of unbranched alkanes of at least 4 members (excludes halogenated alkanes) is 2. The van der Waals surface area contributed by atoms with Crippen LogP contribution in [0, 0.1) is 0 Å². The number of Topliss-reactive ketones (excluding diaryl/α,β-unsaturated/α-hetero) is 1. The van der Waals surface area contributed by atoms with Gasteiger partial charge in [0.2, 0.25) is 0 Å². The molecule has 0 heterocycles. The van der Waals surface area contributed by atoms with Crippen LogP contribution in [0.25, 0.3) is 0 Å². The maximum Gasteiger partial charge on any atom is 0.179 e. The highest BCUT2D eigenvalue weighted by Crippen LogP contribution is 2.14. The molecule has 4 heteroatoms. The number of ketones is 1. The van der Waals surface area contributed by atoms with Gasteiger partial charge in [-0.2, -0.15) is 0 Å². The first-order chi connectivity index (χ1) is 9.06. The van der Waals surface area contributed by atoms with Crippen molar-refractivity contribution < 1.29 is 9.90 Å². The number of nitrogens with zero attached hydrogens (tertiary/aromatic N) is 1. The molecule has 0 saturated carbocycles. The van der Waals surface area contributed by atoms with Crippen LogP contribution in [0.3, 0.4) is 0 Å². The van der Waals surface area contributed by atoms with Crippen molar-refractivity contribution in [2.45, 2.75) is 32.2 Å². The number of likely N-dealkylation sites (N-methyl/N-ethyl adjacent to an activating group) is 1. The largest absolute Gasteiger partial charge is 0.396 e. The molecule has 0 aliphatic heterocycles. The van der Waals surface area contributed by atoms with E-state index in [0.717, 1.165) is 35.8 Å². The van der Waals surface area contributed by atoms with E-state index < -0.39 is 0 Å². The van der Waals surface area contributed by atoms with Gasteiger partial charge >= 0.3 is 0 Å². The third-order valence-corrected chi connectivity index (χ3v) is 3.87. The molecule has 1 aromatic rings. The van der Waals surface area contributed by atoms with Gasteiger partial charge in [-0.3, -0.25) is 9.69 Å². The number of hydrogen-bond acceptors (Lipinski definition) is 3. The SMILES string of the molecule is CC(C(=O)c1ccc(Br)cc1)N(C)CCCCCO. The van der Waals surface area contributed by atoms with Crippen LogP contribution in [-0.4, -0.2) is 42.0 Å². The Hall–Kier alpha value is -0.710. The van der Waals surface area contributed by atoms with Crippen LogP contribution in [0.2, 0.25) is 0 Å². The molecule has 0 aliphatic carbocycles. The van der Waals surface area contributed by atoms with Gasteiger partial charge in [0.05, 0.1) is 6.04 Å². The van der Waals surface area contributed by atoms with Crippen LogP contribution in [0.4, 0.5) is 0 Å². The molecule has 1 rings (SSSR count). The van der Waals surface area contributed by atoms with E-state index in [0.29, 0.717) is 0 Å². The Morgan fingerprint density at radius 2 is 1.89 bits per heavy atom. The van der Waals surface area contributed by atoms with Crippen molar-refractivity contribution in [3.63, 3.8) is 0 Å². The number of aliphatic hydroxyl groups is 1. The van der Waals surface area contributed by atoms with Gasteiger partial charge in [-0.15, -0.1) is 0 Å². The molecule has 0 aliphatic rings. The maximum atomic E-state index is 12.3. The maximum absolute atomic E-state index is 12.3. The molecule has 0 radical (unpaired) electrons. The third-order valence-electron chi connectivity index (χ3n) is 3.34. The Morgan fingerprint density at radius 1 is 1.26 bits per heavy atom. The van der Waals surface area contributed by atoms with E-state index >= 15 is 0 Å². The van der Waals surface area contributed by atoms with Crippen LogP contribution in [0.1, 0.15) is 36.5 Å². The van der Waals surface area contributed by atoms with Crippen LogP contribution < -0.4 is 0 Å². The van der Waals surface area contributed by atoms with Gasteiger partial charge in [0.25, 0.3) is 0 Å². The Labute approximate surface area is 123 Å². The normalized spacial score (nSPS) is 12.7. The second-order valence-corrected chi connectivity index (χ2v) is 5.73. The van der Waals surface area contributed by atoms with E-state index in [1.807, 2.05) is 38.2 Å². The molecule has 0 aromatic heterocycles. The molecule has 0 amide bonds. The lowest BCUT2D eigenvalue weighted by Crippen LogP contribution is -2.36. The van der Waals surface area contributed by atoms with Crippen molar-refractivity contribution in [2.75, 3.05) is 20.2 Å². The van der Waals surface area contributed by atoms with Crippen LogP contribution in [-0.2, 0) is 0 Å². The monoisotopic (exact) mass is 327 g/mol. The summed E-state index contributed by atoms with van der Waals surface area (Å²) in [6, 6.07) is 7.36. The molecule has 3 nitrogen and oxygen atoms in total. The van der Waals surface area contributed by atoms with Gasteiger partial charge in [-0.25, -0.2) is 0 Å². The number of rotatable bonds is 8. The van der Waals surface area contributed by atoms with Crippen molar-refractivity contribution in [1.82, 2.24) is 4.90 Å². The first-order valence-corrected chi connectivity index (χ1v) is 7.46. The summed E-state index contributed by atoms with van der Waals surface area (Å²) in [4.78, 5) is 14.4. The lowest BCUT2D eigenvalue weighted by Gasteiger charge is -2.23. The highest BCUT2D eigenvalue weighted by Gasteiger charge is 2.18. The molecule has 19 heavy (non-hydrogen) atoms. The molecule has 106 valence electrons. The van der Waals surface area contributed by atoms with Crippen molar-refractivity contribution in [2.24, 2.45) is 0 Å². The summed E-state index contributed by atoms with van der Waals surface area (Å²) in [5.41, 5.74) is 0.748. The third kappa shape index (κ3) is 5.43. The predicted octanol–water partition coefficient (Wildman–Crippen LogP) is 3.11. The van der Waals surface area contributed by atoms with Crippen LogP contribution >= 0.6 is 15.9 Å². The highest BCUT2D eigenvalue weighted by molar-refractivity contribution is 9.10. The van der Waals surface area contributed by atoms with Gasteiger partial charge in [-0.05, 0) is 51.9 Å². The van der Waals surface area contributed by atoms with Crippen molar-refractivity contribution >= 4 is 21.7 Å². The topological polar surface area (TPSA) is 40.5 Å². The second kappa shape index (κ2) is 8.46. The van der Waals surface area contributed by atoms with E-state index in [-0.39, 0.29) is 18.4 Å². The number of hydrogen-bond donors (Lipinski definition) is 1. The molecule has 0 spiro atoms. The summed E-state index contributed by atoms with van der Waals surface area (Å²) in [6.07, 6.45) is 2.85. The molecule has 1 atom stereocenters. The molecule has 1 aromatic carbocycles. The quantitative estimate of drug-likeness (QED) is 0.589. The van der Waals surface area contributed by atoms with Gasteiger partial charge in [-0.1, -0.05) is 28.1 Å². The number of carbonyl (C=O) groups is 1. The van der Waals surface area contributed by atoms with Crippen molar-refractivity contribution in [1.29, 1.82) is 0 Å². The number of aliphatic hydroxyl groups excluding tert-OH is 1. The molecule has 0 fully saturated rings. The first kappa shape index (κ1) is 16.3. The predicted molar refractivity (Wildman–Crippen MR) is 81.5 cm³/mol. The first-order valence-electron chi connectivity index (χ1n) is 6.67. The van der Waals surface area contributed by atoms with Gasteiger partial charge < -0.3 is 5.11 Å². The van der Waals surface area contributed by atoms with E-state index in [9.17, 15) is 4.79 Å². The van der Waals surface area contributed by atoms with Crippen LogP contribution in [0.5, 0.6) is 0 Å². The summed E-state index contributed by atoms with van der Waals surface area (Å²) in [7, 11) is 1.97. The lowest BCUT2D eigenvalue weighted by atomic mass is 10.0. The average molecular weight is 328 g/mol. The summed E-state index contributed by atoms with van der Waals surface area (Å²) in [6.45, 7) is 3.07. The van der Waals surface area contributed by atoms with E-state index in [2.05, 4.69) is 20.8 Å². The fourth-order valence-corrected chi connectivity index (χ4v) is 2.16. The van der Waals surface area contributed by atoms with Crippen LogP contribution in [0.15, 0.2) is 28.7 Å². The molecular formula is C15H22BrNO2. The van der Waals surface area contributed by atoms with Gasteiger partial charge in [0.15, 0.2) is 5.78 Å². The summed E-state index contributed by atoms with van der Waals surface area (Å²) in [5, 5.41) is 8.73. The summed E-state index contributed by atoms with van der Waals surface area (Å²) < 4.78 is 0.981. The Balaban J connectivity index is 2.49. The Morgan fingerprint density at radius 3 is 2.47 bits per heavy atom. The second-order valence-electron chi connectivity index (χ2n) is 4.81. The Bertz CT molecular complexity index is 392. The fourth-order valence-electron chi connectivity index (χ4n) is 1.90. The molecule has 0 saturated heterocycles. The van der Waals surface area contributed by atoms with E-state index in [1.54, 1.807) is 0 Å². The number of benzene rings is 1. The fraction of sp³-hybridized carbons (Fsp3) is 0.533. The summed E-state index contributed by atoms with van der Waals surface area (Å²) >= 11 is 3.37. The molecule has 1 unspecified atom stereocenters. The molecule has 0 bridgehead atoms. The highest BCUT2D eigenvalue weighted by atomic mass is 79.9. The summed E-state index contributed by atoms with van der Waals surface area (Å²) in [5.74, 6) is 0.150. The zero-order chi connectivity index (χ0) is 14.3. The number of carbonyl (C=O) groups excluding carboxylic acids is 1. The average Bonchev–Trinajstić information content (AvgIpc) is 2.42. The number of halogens is 1. The zero-order valence-electron chi connectivity index (χ0n) is 11.6. The molecule has 1 N–H and O–H groups in total. The molecular weight excluding hydrogens is 306 g/mol. The standard InChI is InChI=1S/C15H22BrNO2/c1-12(17(2)10-4-3-5-11-18)15(19)13-6-8-14(16)9-7-13/h6-9,12,18H,3-5,10-11H2,1-2H3. The minimum absolute atomic E-state index is 0.115. The lowest BCUT2D eigenvalue weighted by molar-refractivity contribution is 0.0866. The van der Waals surface area contributed by atoms with Gasteiger partial charge in [0, 0.05) is 16.6 Å². The Kier molecular flexibility index (Phi) is 7.28. The van der Waals surface area contributed by atoms with Crippen molar-refractivity contribution in [3.8, 4) is 0 Å². The zero-order valence-corrected chi connectivity index (χ0v) is 13.2. The van der Waals surface area contributed by atoms with E-state index in [1.165, 1.54) is 0 Å². The minimum atomic E-state index is -0.115. The van der Waals surface area contributed by atoms with Gasteiger partial charge in [0.1, 0.15) is 0 Å². The minimum Gasteiger partial charge on any atom is -0.396 e. The smallest absolute Gasteiger partial charge is 0.179 e. The van der Waals surface area contributed by atoms with E-state index in [4.69, 9.17) is 5.11 Å².